The number of hydrogen-bond acceptors (Lipinski definition) is 5. The lowest BCUT2D eigenvalue weighted by Gasteiger charge is -2.46. The fourth-order valence-electron chi connectivity index (χ4n) is 3.77. The monoisotopic (exact) mass is 343 g/mol. The van der Waals surface area contributed by atoms with Gasteiger partial charge in [0, 0.05) is 32.9 Å². The Bertz CT molecular complexity index is 799. The third-order valence-corrected chi connectivity index (χ3v) is 5.29. The number of piperazine rings is 1. The van der Waals surface area contributed by atoms with E-state index in [-0.39, 0.29) is 17.4 Å². The molecular formula is C17H21N5O3. The standard InChI is InChI=1S/C17H21N5O3/c1-19-10-15(23)22(13-8-18-20(2)9-13)12-17(19)5-6-21(11-17)16(24)14-4-3-7-25-14/h3-4,7-9H,5-6,10-12H2,1-2H3/t17-/m0/s1. The zero-order valence-electron chi connectivity index (χ0n) is 14.4. The number of carbonyl (C=O) groups excluding carboxylic acids is 2. The van der Waals surface area contributed by atoms with Crippen LogP contribution in [0, 0.1) is 0 Å². The molecule has 2 aromatic heterocycles. The molecule has 8 heteroatoms. The van der Waals surface area contributed by atoms with Crippen LogP contribution in [-0.4, -0.2) is 70.2 Å². The topological polar surface area (TPSA) is 74.8 Å². The van der Waals surface area contributed by atoms with Crippen LogP contribution in [0.1, 0.15) is 17.0 Å². The summed E-state index contributed by atoms with van der Waals surface area (Å²) in [7, 11) is 3.79. The maximum atomic E-state index is 12.6. The molecule has 0 saturated carbocycles. The molecule has 132 valence electrons. The van der Waals surface area contributed by atoms with Crippen LogP contribution in [0.25, 0.3) is 0 Å². The number of rotatable bonds is 2. The Kier molecular flexibility index (Phi) is 3.64. The van der Waals surface area contributed by atoms with Crippen molar-refractivity contribution < 1.29 is 14.0 Å². The highest BCUT2D eigenvalue weighted by atomic mass is 16.3. The summed E-state index contributed by atoms with van der Waals surface area (Å²) in [5, 5.41) is 4.17. The van der Waals surface area contributed by atoms with Gasteiger partial charge in [0.2, 0.25) is 5.91 Å². The second-order valence-corrected chi connectivity index (χ2v) is 6.89. The van der Waals surface area contributed by atoms with E-state index in [1.165, 1.54) is 6.26 Å². The molecule has 2 aromatic rings. The lowest BCUT2D eigenvalue weighted by Crippen LogP contribution is -2.64. The fraction of sp³-hybridized carbons (Fsp3) is 0.471. The van der Waals surface area contributed by atoms with Crippen molar-refractivity contribution in [2.75, 3.05) is 38.1 Å². The van der Waals surface area contributed by atoms with Gasteiger partial charge in [0.1, 0.15) is 0 Å². The summed E-state index contributed by atoms with van der Waals surface area (Å²) in [4.78, 5) is 30.8. The Morgan fingerprint density at radius 1 is 1.32 bits per heavy atom. The second kappa shape index (κ2) is 5.73. The van der Waals surface area contributed by atoms with Gasteiger partial charge in [0.15, 0.2) is 5.76 Å². The van der Waals surface area contributed by atoms with E-state index in [1.54, 1.807) is 27.9 Å². The van der Waals surface area contributed by atoms with Gasteiger partial charge in [-0.25, -0.2) is 0 Å². The molecule has 0 radical (unpaired) electrons. The second-order valence-electron chi connectivity index (χ2n) is 6.89. The first-order valence-corrected chi connectivity index (χ1v) is 8.32. The van der Waals surface area contributed by atoms with Gasteiger partial charge >= 0.3 is 0 Å². The molecule has 0 aromatic carbocycles. The lowest BCUT2D eigenvalue weighted by atomic mass is 9.93. The number of aryl methyl sites for hydroxylation is 1. The minimum Gasteiger partial charge on any atom is -0.459 e. The largest absolute Gasteiger partial charge is 0.459 e. The van der Waals surface area contributed by atoms with E-state index in [0.29, 0.717) is 31.9 Å². The van der Waals surface area contributed by atoms with Crippen LogP contribution in [0.3, 0.4) is 0 Å². The Hall–Kier alpha value is -2.61. The van der Waals surface area contributed by atoms with Gasteiger partial charge in [-0.15, -0.1) is 0 Å². The third-order valence-electron chi connectivity index (χ3n) is 5.29. The van der Waals surface area contributed by atoms with Crippen molar-refractivity contribution in [3.05, 3.63) is 36.5 Å². The molecule has 2 saturated heterocycles. The molecule has 25 heavy (non-hydrogen) atoms. The highest BCUT2D eigenvalue weighted by molar-refractivity contribution is 5.96. The predicted molar refractivity (Wildman–Crippen MR) is 90.2 cm³/mol. The van der Waals surface area contributed by atoms with Gasteiger partial charge in [-0.1, -0.05) is 0 Å². The van der Waals surface area contributed by atoms with Crippen molar-refractivity contribution in [3.63, 3.8) is 0 Å². The molecule has 0 aliphatic carbocycles. The Morgan fingerprint density at radius 3 is 2.84 bits per heavy atom. The van der Waals surface area contributed by atoms with Crippen LogP contribution in [0.15, 0.2) is 35.2 Å². The van der Waals surface area contributed by atoms with Crippen LogP contribution in [0.5, 0.6) is 0 Å². The number of nitrogens with zero attached hydrogens (tertiary/aromatic N) is 5. The van der Waals surface area contributed by atoms with Crippen molar-refractivity contribution in [3.8, 4) is 0 Å². The molecule has 1 spiro atoms. The molecule has 0 N–H and O–H groups in total. The smallest absolute Gasteiger partial charge is 0.289 e. The number of amides is 2. The lowest BCUT2D eigenvalue weighted by molar-refractivity contribution is -0.123. The molecule has 2 fully saturated rings. The Labute approximate surface area is 145 Å². The van der Waals surface area contributed by atoms with Crippen LogP contribution in [-0.2, 0) is 11.8 Å². The van der Waals surface area contributed by atoms with Crippen molar-refractivity contribution in [2.24, 2.45) is 7.05 Å². The fourth-order valence-corrected chi connectivity index (χ4v) is 3.77. The average Bonchev–Trinajstić information content (AvgIpc) is 3.32. The van der Waals surface area contributed by atoms with Crippen molar-refractivity contribution in [1.29, 1.82) is 0 Å². The van der Waals surface area contributed by atoms with Crippen LogP contribution >= 0.6 is 0 Å². The number of likely N-dealkylation sites (tertiary alicyclic amines) is 1. The molecule has 2 aliphatic heterocycles. The molecular weight excluding hydrogens is 322 g/mol. The van der Waals surface area contributed by atoms with Gasteiger partial charge in [0.05, 0.1) is 30.2 Å². The highest BCUT2D eigenvalue weighted by Crippen LogP contribution is 2.33. The minimum absolute atomic E-state index is 0.0527. The summed E-state index contributed by atoms with van der Waals surface area (Å²) in [6, 6.07) is 3.40. The molecule has 0 unspecified atom stereocenters. The number of anilines is 1. The normalized spacial score (nSPS) is 24.5. The SMILES string of the molecule is CN1CC(=O)N(c2cnn(C)c2)C[C@@]12CCN(C(=O)c1ccco1)C2. The molecule has 4 heterocycles. The number of furan rings is 1. The number of aromatic nitrogens is 2. The van der Waals surface area contributed by atoms with Gasteiger partial charge < -0.3 is 14.2 Å². The Balaban J connectivity index is 1.56. The average molecular weight is 343 g/mol. The first-order valence-electron chi connectivity index (χ1n) is 8.32. The zero-order chi connectivity index (χ0) is 17.6. The number of likely N-dealkylation sites (N-methyl/N-ethyl adjacent to an activating group) is 1. The summed E-state index contributed by atoms with van der Waals surface area (Å²) in [5.41, 5.74) is 0.558. The van der Waals surface area contributed by atoms with Crippen molar-refractivity contribution >= 4 is 17.5 Å². The van der Waals surface area contributed by atoms with Crippen LogP contribution in [0.2, 0.25) is 0 Å². The molecule has 2 aliphatic rings. The summed E-state index contributed by atoms with van der Waals surface area (Å²) >= 11 is 0. The zero-order valence-corrected chi connectivity index (χ0v) is 14.4. The quantitative estimate of drug-likeness (QED) is 0.797. The van der Waals surface area contributed by atoms with Crippen molar-refractivity contribution in [1.82, 2.24) is 19.6 Å². The highest BCUT2D eigenvalue weighted by Gasteiger charge is 2.49. The van der Waals surface area contributed by atoms with E-state index >= 15 is 0 Å². The molecule has 1 atom stereocenters. The van der Waals surface area contributed by atoms with E-state index in [9.17, 15) is 9.59 Å². The molecule has 8 nitrogen and oxygen atoms in total. The summed E-state index contributed by atoms with van der Waals surface area (Å²) in [5.74, 6) is 0.313. The number of hydrogen-bond donors (Lipinski definition) is 0. The molecule has 2 amide bonds. The number of carbonyl (C=O) groups is 2. The van der Waals surface area contributed by atoms with E-state index < -0.39 is 0 Å². The first kappa shape index (κ1) is 15.9. The molecule has 4 rings (SSSR count). The minimum atomic E-state index is -0.244. The maximum absolute atomic E-state index is 12.6. The third kappa shape index (κ3) is 2.62. The van der Waals surface area contributed by atoms with Gasteiger partial charge in [-0.05, 0) is 25.6 Å². The van der Waals surface area contributed by atoms with Gasteiger partial charge in [-0.3, -0.25) is 19.2 Å². The van der Waals surface area contributed by atoms with E-state index in [2.05, 4.69) is 10.00 Å². The van der Waals surface area contributed by atoms with Crippen molar-refractivity contribution in [2.45, 2.75) is 12.0 Å². The van der Waals surface area contributed by atoms with Crippen LogP contribution < -0.4 is 4.90 Å². The summed E-state index contributed by atoms with van der Waals surface area (Å²) < 4.78 is 6.93. The van der Waals surface area contributed by atoms with E-state index in [0.717, 1.165) is 12.1 Å². The van der Waals surface area contributed by atoms with Gasteiger partial charge in [-0.2, -0.15) is 5.10 Å². The summed E-state index contributed by atoms with van der Waals surface area (Å²) in [6.07, 6.45) is 5.88. The summed E-state index contributed by atoms with van der Waals surface area (Å²) in [6.45, 7) is 2.11. The predicted octanol–water partition coefficient (Wildman–Crippen LogP) is 0.576. The first-order chi connectivity index (χ1) is 12.0. The van der Waals surface area contributed by atoms with E-state index in [4.69, 9.17) is 4.42 Å². The Morgan fingerprint density at radius 2 is 2.16 bits per heavy atom. The maximum Gasteiger partial charge on any atom is 0.289 e. The van der Waals surface area contributed by atoms with E-state index in [1.807, 2.05) is 25.2 Å². The van der Waals surface area contributed by atoms with Crippen LogP contribution in [0.4, 0.5) is 5.69 Å². The molecule has 0 bridgehead atoms. The van der Waals surface area contributed by atoms with Gasteiger partial charge in [0.25, 0.3) is 5.91 Å².